The number of benzene rings is 1. The van der Waals surface area contributed by atoms with Crippen molar-refractivity contribution in [2.45, 2.75) is 18.7 Å². The highest BCUT2D eigenvalue weighted by Gasteiger charge is 2.37. The molecular weight excluding hydrogens is 297 g/mol. The smallest absolute Gasteiger partial charge is 0.384 e. The van der Waals surface area contributed by atoms with Gasteiger partial charge in [-0.15, -0.1) is 0 Å². The predicted molar refractivity (Wildman–Crippen MR) is 64.6 cm³/mol. The van der Waals surface area contributed by atoms with Crippen LogP contribution in [0.2, 0.25) is 0 Å². The SMILES string of the molecule is O[C@H](CCNc1ncnc2cc(F)c(F)cc12)C(F)(F)F. The van der Waals surface area contributed by atoms with E-state index in [0.29, 0.717) is 0 Å². The molecule has 0 spiro atoms. The van der Waals surface area contributed by atoms with Crippen molar-refractivity contribution in [2.75, 3.05) is 11.9 Å². The van der Waals surface area contributed by atoms with Crippen LogP contribution in [-0.4, -0.2) is 33.9 Å². The number of aliphatic hydroxyl groups excluding tert-OH is 1. The lowest BCUT2D eigenvalue weighted by molar-refractivity contribution is -0.204. The lowest BCUT2D eigenvalue weighted by Gasteiger charge is -2.15. The van der Waals surface area contributed by atoms with Gasteiger partial charge < -0.3 is 10.4 Å². The van der Waals surface area contributed by atoms with Crippen LogP contribution in [0.4, 0.5) is 27.8 Å². The van der Waals surface area contributed by atoms with Crippen LogP contribution in [0.3, 0.4) is 0 Å². The van der Waals surface area contributed by atoms with Gasteiger partial charge in [-0.1, -0.05) is 0 Å². The zero-order valence-corrected chi connectivity index (χ0v) is 10.5. The summed E-state index contributed by atoms with van der Waals surface area (Å²) in [7, 11) is 0. The lowest BCUT2D eigenvalue weighted by Crippen LogP contribution is -2.30. The number of alkyl halides is 3. The second kappa shape index (κ2) is 5.76. The number of fused-ring (bicyclic) bond motifs is 1. The zero-order valence-electron chi connectivity index (χ0n) is 10.5. The monoisotopic (exact) mass is 307 g/mol. The quantitative estimate of drug-likeness (QED) is 0.853. The van der Waals surface area contributed by atoms with Gasteiger partial charge >= 0.3 is 6.18 Å². The van der Waals surface area contributed by atoms with Crippen molar-refractivity contribution < 1.29 is 27.1 Å². The Kier molecular flexibility index (Phi) is 4.21. The molecular formula is C12H10F5N3O. The normalized spacial score (nSPS) is 13.4. The molecule has 1 aromatic carbocycles. The van der Waals surface area contributed by atoms with Crippen LogP contribution in [0.25, 0.3) is 10.9 Å². The van der Waals surface area contributed by atoms with Crippen LogP contribution >= 0.6 is 0 Å². The van der Waals surface area contributed by atoms with Crippen molar-refractivity contribution in [2.24, 2.45) is 0 Å². The van der Waals surface area contributed by atoms with Crippen LogP contribution in [-0.2, 0) is 0 Å². The molecule has 2 N–H and O–H groups in total. The Morgan fingerprint density at radius 2 is 1.81 bits per heavy atom. The molecule has 0 amide bonds. The van der Waals surface area contributed by atoms with Gasteiger partial charge in [0.1, 0.15) is 12.1 Å². The molecule has 4 nitrogen and oxygen atoms in total. The number of hydrogen-bond acceptors (Lipinski definition) is 4. The van der Waals surface area contributed by atoms with Crippen LogP contribution in [0.15, 0.2) is 18.5 Å². The van der Waals surface area contributed by atoms with Crippen molar-refractivity contribution in [3.63, 3.8) is 0 Å². The minimum Gasteiger partial charge on any atom is -0.384 e. The topological polar surface area (TPSA) is 58.0 Å². The Balaban J connectivity index is 2.14. The van der Waals surface area contributed by atoms with Crippen molar-refractivity contribution in [3.8, 4) is 0 Å². The van der Waals surface area contributed by atoms with Gasteiger partial charge in [0.15, 0.2) is 17.7 Å². The van der Waals surface area contributed by atoms with Gasteiger partial charge in [0, 0.05) is 18.0 Å². The van der Waals surface area contributed by atoms with E-state index in [2.05, 4.69) is 15.3 Å². The van der Waals surface area contributed by atoms with Crippen LogP contribution in [0, 0.1) is 11.6 Å². The molecule has 0 aliphatic heterocycles. The molecule has 0 fully saturated rings. The van der Waals surface area contributed by atoms with Crippen molar-refractivity contribution >= 4 is 16.7 Å². The number of halogens is 5. The van der Waals surface area contributed by atoms with Crippen molar-refractivity contribution in [1.82, 2.24) is 9.97 Å². The van der Waals surface area contributed by atoms with Gasteiger partial charge in [0.2, 0.25) is 0 Å². The fourth-order valence-electron chi connectivity index (χ4n) is 1.68. The maximum Gasteiger partial charge on any atom is 0.414 e. The number of hydrogen-bond donors (Lipinski definition) is 2. The highest BCUT2D eigenvalue weighted by atomic mass is 19.4. The molecule has 2 aromatic rings. The second-order valence-electron chi connectivity index (χ2n) is 4.28. The number of anilines is 1. The lowest BCUT2D eigenvalue weighted by atomic mass is 10.2. The summed E-state index contributed by atoms with van der Waals surface area (Å²) < 4.78 is 62.6. The van der Waals surface area contributed by atoms with E-state index < -0.39 is 30.3 Å². The summed E-state index contributed by atoms with van der Waals surface area (Å²) in [6.45, 7) is -0.244. The minimum absolute atomic E-state index is 0.0632. The second-order valence-corrected chi connectivity index (χ2v) is 4.28. The molecule has 0 radical (unpaired) electrons. The standard InChI is InChI=1S/C12H10F5N3O/c13-7-3-6-9(4-8(7)14)19-5-20-11(6)18-2-1-10(21)12(15,16)17/h3-5,10,21H,1-2H2,(H,18,19,20)/t10-/m1/s1. The largest absolute Gasteiger partial charge is 0.414 e. The van der Waals surface area contributed by atoms with Crippen LogP contribution in [0.1, 0.15) is 6.42 Å². The third-order valence-corrected chi connectivity index (χ3v) is 2.77. The summed E-state index contributed by atoms with van der Waals surface area (Å²) in [6, 6.07) is 1.72. The molecule has 1 heterocycles. The van der Waals surface area contributed by atoms with Gasteiger partial charge in [-0.2, -0.15) is 13.2 Å². The van der Waals surface area contributed by atoms with Gasteiger partial charge in [0.25, 0.3) is 0 Å². The van der Waals surface area contributed by atoms with E-state index in [0.717, 1.165) is 18.5 Å². The van der Waals surface area contributed by atoms with E-state index >= 15 is 0 Å². The first-order valence-electron chi connectivity index (χ1n) is 5.87. The Bertz CT molecular complexity index is 647. The summed E-state index contributed by atoms with van der Waals surface area (Å²) in [4.78, 5) is 7.50. The highest BCUT2D eigenvalue weighted by molar-refractivity contribution is 5.88. The van der Waals surface area contributed by atoms with E-state index in [1.54, 1.807) is 0 Å². The Morgan fingerprint density at radius 1 is 1.14 bits per heavy atom. The third-order valence-electron chi connectivity index (χ3n) is 2.77. The molecule has 0 aliphatic rings. The Labute approximate surface area is 115 Å². The average Bonchev–Trinajstić information content (AvgIpc) is 2.39. The van der Waals surface area contributed by atoms with Gasteiger partial charge in [-0.3, -0.25) is 0 Å². The molecule has 21 heavy (non-hydrogen) atoms. The van der Waals surface area contributed by atoms with E-state index in [1.807, 2.05) is 0 Å². The van der Waals surface area contributed by atoms with Gasteiger partial charge in [0.05, 0.1) is 5.52 Å². The molecule has 0 saturated heterocycles. The molecule has 1 aromatic heterocycles. The first-order valence-corrected chi connectivity index (χ1v) is 5.87. The summed E-state index contributed by atoms with van der Waals surface area (Å²) in [5.41, 5.74) is 0.114. The van der Waals surface area contributed by atoms with Crippen molar-refractivity contribution in [1.29, 1.82) is 0 Å². The molecule has 2 rings (SSSR count). The fraction of sp³-hybridized carbons (Fsp3) is 0.333. The average molecular weight is 307 g/mol. The number of rotatable bonds is 4. The maximum atomic E-state index is 13.2. The van der Waals surface area contributed by atoms with Gasteiger partial charge in [-0.25, -0.2) is 18.7 Å². The zero-order chi connectivity index (χ0) is 15.6. The van der Waals surface area contributed by atoms with Crippen LogP contribution in [0.5, 0.6) is 0 Å². The molecule has 0 unspecified atom stereocenters. The summed E-state index contributed by atoms with van der Waals surface area (Å²) in [5.74, 6) is -2.14. The van der Waals surface area contributed by atoms with E-state index in [1.165, 1.54) is 0 Å². The number of aliphatic hydroxyl groups is 1. The molecule has 0 saturated carbocycles. The first-order chi connectivity index (χ1) is 9.79. The van der Waals surface area contributed by atoms with Crippen LogP contribution < -0.4 is 5.32 Å². The highest BCUT2D eigenvalue weighted by Crippen LogP contribution is 2.24. The molecule has 0 aliphatic carbocycles. The minimum atomic E-state index is -4.70. The molecule has 1 atom stereocenters. The summed E-state index contributed by atoms with van der Waals surface area (Å²) in [5, 5.41) is 11.5. The predicted octanol–water partition coefficient (Wildman–Crippen LogP) is 2.63. The van der Waals surface area contributed by atoms with Crippen molar-refractivity contribution in [3.05, 3.63) is 30.1 Å². The first kappa shape index (κ1) is 15.4. The summed E-state index contributed by atoms with van der Waals surface area (Å²) in [6.07, 6.45) is -6.70. The van der Waals surface area contributed by atoms with E-state index in [9.17, 15) is 22.0 Å². The number of nitrogens with zero attached hydrogens (tertiary/aromatic N) is 2. The summed E-state index contributed by atoms with van der Waals surface area (Å²) >= 11 is 0. The fourth-order valence-corrected chi connectivity index (χ4v) is 1.68. The number of nitrogens with one attached hydrogen (secondary N) is 1. The molecule has 0 bridgehead atoms. The van der Waals surface area contributed by atoms with E-state index in [-0.39, 0.29) is 23.3 Å². The Morgan fingerprint density at radius 3 is 2.48 bits per heavy atom. The molecule has 9 heteroatoms. The van der Waals surface area contributed by atoms with Gasteiger partial charge in [-0.05, 0) is 12.5 Å². The van der Waals surface area contributed by atoms with E-state index in [4.69, 9.17) is 5.11 Å². The number of aromatic nitrogens is 2. The third kappa shape index (κ3) is 3.54. The maximum absolute atomic E-state index is 13.2. The molecule has 114 valence electrons. The Hall–Kier alpha value is -2.03.